The normalized spacial score (nSPS) is 11.9. The highest BCUT2D eigenvalue weighted by molar-refractivity contribution is 7.83. The van der Waals surface area contributed by atoms with Crippen LogP contribution in [0.2, 0.25) is 0 Å². The van der Waals surface area contributed by atoms with Crippen LogP contribution in [0.5, 0.6) is 0 Å². The van der Waals surface area contributed by atoms with Gasteiger partial charge >= 0.3 is 0 Å². The molecule has 0 heterocycles. The molecule has 1 N–H and O–H groups in total. The van der Waals surface area contributed by atoms with Crippen LogP contribution < -0.4 is 5.32 Å². The molecule has 0 saturated carbocycles. The van der Waals surface area contributed by atoms with Crippen LogP contribution in [0.1, 0.15) is 21.5 Å². The molecule has 0 fully saturated rings. The van der Waals surface area contributed by atoms with Gasteiger partial charge in [0, 0.05) is 40.5 Å². The van der Waals surface area contributed by atoms with E-state index in [0.717, 1.165) is 5.56 Å². The van der Waals surface area contributed by atoms with Crippen molar-refractivity contribution in [3.05, 3.63) is 71.0 Å². The van der Waals surface area contributed by atoms with Gasteiger partial charge in [-0.15, -0.1) is 0 Å². The quantitative estimate of drug-likeness (QED) is 0.923. The number of rotatable bonds is 5. The molecular formula is C16H16FNO2S. The van der Waals surface area contributed by atoms with E-state index >= 15 is 0 Å². The summed E-state index contributed by atoms with van der Waals surface area (Å²) in [5, 5.41) is 2.68. The number of hydrogen-bond acceptors (Lipinski definition) is 2. The lowest BCUT2D eigenvalue weighted by atomic mass is 10.1. The van der Waals surface area contributed by atoms with Crippen LogP contribution in [0.15, 0.2) is 48.5 Å². The van der Waals surface area contributed by atoms with Crippen LogP contribution in [0, 0.1) is 5.82 Å². The molecule has 1 amide bonds. The summed E-state index contributed by atoms with van der Waals surface area (Å²) >= 11 is 0. The van der Waals surface area contributed by atoms with E-state index in [1.54, 1.807) is 42.7 Å². The van der Waals surface area contributed by atoms with Crippen molar-refractivity contribution >= 4 is 16.7 Å². The van der Waals surface area contributed by atoms with Gasteiger partial charge < -0.3 is 5.32 Å². The Kier molecular flexibility index (Phi) is 5.22. The van der Waals surface area contributed by atoms with Gasteiger partial charge in [-0.1, -0.05) is 30.3 Å². The molecule has 21 heavy (non-hydrogen) atoms. The second-order valence-electron chi connectivity index (χ2n) is 4.69. The Bertz CT molecular complexity index is 673. The summed E-state index contributed by atoms with van der Waals surface area (Å²) < 4.78 is 24.7. The first-order chi connectivity index (χ1) is 10.1. The summed E-state index contributed by atoms with van der Waals surface area (Å²) in [4.78, 5) is 12.1. The summed E-state index contributed by atoms with van der Waals surface area (Å²) in [6.07, 6.45) is 1.62. The molecule has 0 spiro atoms. The zero-order valence-electron chi connectivity index (χ0n) is 11.6. The molecule has 5 heteroatoms. The lowest BCUT2D eigenvalue weighted by molar-refractivity contribution is 0.0950. The van der Waals surface area contributed by atoms with Crippen LogP contribution >= 0.6 is 0 Å². The first-order valence-corrected chi connectivity index (χ1v) is 8.19. The van der Waals surface area contributed by atoms with Gasteiger partial charge in [0.2, 0.25) is 0 Å². The fraction of sp³-hybridized carbons (Fsp3) is 0.188. The van der Waals surface area contributed by atoms with E-state index in [1.807, 2.05) is 6.07 Å². The minimum atomic E-state index is -0.956. The molecule has 0 aliphatic rings. The Balaban J connectivity index is 2.03. The Morgan fingerprint density at radius 3 is 2.67 bits per heavy atom. The van der Waals surface area contributed by atoms with Gasteiger partial charge in [0.15, 0.2) is 0 Å². The number of nitrogens with one attached hydrogen (secondary N) is 1. The molecule has 110 valence electrons. The molecule has 0 bridgehead atoms. The number of carbonyl (C=O) groups is 1. The third-order valence-corrected chi connectivity index (χ3v) is 3.70. The zero-order valence-corrected chi connectivity index (χ0v) is 12.5. The number of amides is 1. The van der Waals surface area contributed by atoms with E-state index in [4.69, 9.17) is 0 Å². The summed E-state index contributed by atoms with van der Waals surface area (Å²) in [7, 11) is -0.956. The van der Waals surface area contributed by atoms with E-state index in [0.29, 0.717) is 16.9 Å². The van der Waals surface area contributed by atoms with Crippen LogP contribution in [0.25, 0.3) is 0 Å². The molecular weight excluding hydrogens is 289 g/mol. The van der Waals surface area contributed by atoms with Crippen molar-refractivity contribution in [2.75, 3.05) is 6.26 Å². The average Bonchev–Trinajstić information content (AvgIpc) is 2.45. The highest BCUT2D eigenvalue weighted by atomic mass is 32.2. The lowest BCUT2D eigenvalue weighted by Gasteiger charge is -2.07. The molecule has 0 aliphatic carbocycles. The monoisotopic (exact) mass is 305 g/mol. The molecule has 1 unspecified atom stereocenters. The minimum absolute atomic E-state index is 0.134. The van der Waals surface area contributed by atoms with E-state index < -0.39 is 10.8 Å². The number of hydrogen-bond donors (Lipinski definition) is 1. The molecule has 2 aromatic carbocycles. The number of halogens is 1. The highest BCUT2D eigenvalue weighted by Crippen LogP contribution is 2.09. The molecule has 0 aromatic heterocycles. The maximum absolute atomic E-state index is 13.5. The van der Waals surface area contributed by atoms with E-state index in [1.165, 1.54) is 6.07 Å². The second-order valence-corrected chi connectivity index (χ2v) is 6.13. The van der Waals surface area contributed by atoms with Gasteiger partial charge in [-0.2, -0.15) is 0 Å². The third kappa shape index (κ3) is 4.49. The van der Waals surface area contributed by atoms with Crippen molar-refractivity contribution in [2.45, 2.75) is 12.3 Å². The van der Waals surface area contributed by atoms with Gasteiger partial charge in [0.1, 0.15) is 5.82 Å². The Morgan fingerprint density at radius 1 is 1.19 bits per heavy atom. The van der Waals surface area contributed by atoms with Gasteiger partial charge in [-0.3, -0.25) is 9.00 Å². The maximum atomic E-state index is 13.5. The van der Waals surface area contributed by atoms with Crippen molar-refractivity contribution in [3.8, 4) is 0 Å². The van der Waals surface area contributed by atoms with E-state index in [2.05, 4.69) is 5.32 Å². The molecule has 0 saturated heterocycles. The standard InChI is InChI=1S/C16H16FNO2S/c1-21(20)11-12-5-4-7-13(9-12)16(19)18-10-14-6-2-3-8-15(14)17/h2-9H,10-11H2,1H3,(H,18,19). The van der Waals surface area contributed by atoms with Gasteiger partial charge in [0.05, 0.1) is 0 Å². The minimum Gasteiger partial charge on any atom is -0.348 e. The topological polar surface area (TPSA) is 46.2 Å². The molecule has 3 nitrogen and oxygen atoms in total. The van der Waals surface area contributed by atoms with Gasteiger partial charge in [0.25, 0.3) is 5.91 Å². The summed E-state index contributed by atoms with van der Waals surface area (Å²) in [5.74, 6) is -0.205. The van der Waals surface area contributed by atoms with Crippen LogP contribution in [0.3, 0.4) is 0 Å². The Hall–Kier alpha value is -2.01. The SMILES string of the molecule is CS(=O)Cc1cccc(C(=O)NCc2ccccc2F)c1. The molecule has 1 atom stereocenters. The predicted octanol–water partition coefficient (Wildman–Crippen LogP) is 2.63. The predicted molar refractivity (Wildman–Crippen MR) is 81.8 cm³/mol. The first-order valence-electron chi connectivity index (χ1n) is 6.47. The van der Waals surface area contributed by atoms with Crippen molar-refractivity contribution < 1.29 is 13.4 Å². The Labute approximate surface area is 125 Å². The summed E-state index contributed by atoms with van der Waals surface area (Å²) in [6.45, 7) is 0.134. The number of carbonyl (C=O) groups excluding carboxylic acids is 1. The number of benzene rings is 2. The van der Waals surface area contributed by atoms with Gasteiger partial charge in [-0.05, 0) is 23.8 Å². The van der Waals surface area contributed by atoms with Crippen LogP contribution in [0.4, 0.5) is 4.39 Å². The fourth-order valence-corrected chi connectivity index (χ4v) is 2.61. The lowest BCUT2D eigenvalue weighted by Crippen LogP contribution is -2.23. The van der Waals surface area contributed by atoms with Crippen LogP contribution in [-0.4, -0.2) is 16.4 Å². The van der Waals surface area contributed by atoms with Crippen molar-refractivity contribution in [3.63, 3.8) is 0 Å². The van der Waals surface area contributed by atoms with Gasteiger partial charge in [-0.25, -0.2) is 4.39 Å². The van der Waals surface area contributed by atoms with Crippen molar-refractivity contribution in [2.24, 2.45) is 0 Å². The maximum Gasteiger partial charge on any atom is 0.251 e. The molecule has 0 aliphatic heterocycles. The summed E-state index contributed by atoms with van der Waals surface area (Å²) in [6, 6.07) is 13.3. The van der Waals surface area contributed by atoms with Crippen molar-refractivity contribution in [1.29, 1.82) is 0 Å². The fourth-order valence-electron chi connectivity index (χ4n) is 1.96. The van der Waals surface area contributed by atoms with Crippen molar-refractivity contribution in [1.82, 2.24) is 5.32 Å². The largest absolute Gasteiger partial charge is 0.348 e. The molecule has 2 aromatic rings. The average molecular weight is 305 g/mol. The van der Waals surface area contributed by atoms with E-state index in [9.17, 15) is 13.4 Å². The first kappa shape index (κ1) is 15.4. The van der Waals surface area contributed by atoms with Crippen LogP contribution in [-0.2, 0) is 23.1 Å². The second kappa shape index (κ2) is 7.13. The molecule has 0 radical (unpaired) electrons. The Morgan fingerprint density at radius 2 is 1.95 bits per heavy atom. The smallest absolute Gasteiger partial charge is 0.251 e. The highest BCUT2D eigenvalue weighted by Gasteiger charge is 2.08. The third-order valence-electron chi connectivity index (χ3n) is 2.96. The zero-order chi connectivity index (χ0) is 15.2. The van der Waals surface area contributed by atoms with E-state index in [-0.39, 0.29) is 18.3 Å². The summed E-state index contributed by atoms with van der Waals surface area (Å²) in [5.41, 5.74) is 1.76. The molecule has 2 rings (SSSR count).